The summed E-state index contributed by atoms with van der Waals surface area (Å²) in [4.78, 5) is 36.7. The summed E-state index contributed by atoms with van der Waals surface area (Å²) < 4.78 is 7.36. The Hall–Kier alpha value is -4.69. The molecule has 2 aliphatic rings. The lowest BCUT2D eigenvalue weighted by Gasteiger charge is -2.29. The summed E-state index contributed by atoms with van der Waals surface area (Å²) in [5.74, 6) is -0.0403. The maximum Gasteiger partial charge on any atom is 0.306 e. The number of carbonyl (C=O) groups excluding carboxylic acids is 1. The van der Waals surface area contributed by atoms with Crippen molar-refractivity contribution in [3.05, 3.63) is 54.6 Å². The molecule has 3 aromatic heterocycles. The van der Waals surface area contributed by atoms with Gasteiger partial charge >= 0.3 is 5.97 Å². The molecule has 0 spiro atoms. The number of benzene rings is 1. The number of thioether (sulfide) groups is 1. The third-order valence-electron chi connectivity index (χ3n) is 7.85. The van der Waals surface area contributed by atoms with Gasteiger partial charge in [-0.2, -0.15) is 5.10 Å². The molecule has 13 nitrogen and oxygen atoms in total. The Kier molecular flexibility index (Phi) is 8.61. The summed E-state index contributed by atoms with van der Waals surface area (Å²) in [6, 6.07) is 7.53. The molecule has 0 unspecified atom stereocenters. The van der Waals surface area contributed by atoms with Crippen LogP contribution in [0.4, 0.5) is 17.1 Å². The Morgan fingerprint density at radius 2 is 2.02 bits per heavy atom. The number of carboxylic acid groups (broad SMARTS) is 1. The number of pyridine rings is 1. The standard InChI is InChI=1S/C30H33N9O4S/c1-43-25-14-24-26(44-12-7-32-24)15-23(25)37-22-13-21(20-17-36-39-8-2-5-33-28(20)39)35-16-19(22)27(31)29(40)34-6-11-38-9-3-18(4-10-38)30(41)42/h2,5,8,13-18,31-32H,3-4,6-7,9-12H2,1H3,(H,34,40)(H,35,37)(H,41,42). The SMILES string of the molecule is COc1cc2c(cc1Nc1cc(-c3cnn4cccnc34)ncc1C(=N)C(=O)NCCN1CCC(C(=O)O)CC1)SCCN2. The fraction of sp³-hybridized carbons (Fsp3) is 0.333. The number of anilines is 3. The van der Waals surface area contributed by atoms with E-state index in [0.29, 0.717) is 78.6 Å². The van der Waals surface area contributed by atoms with E-state index in [-0.39, 0.29) is 11.6 Å². The maximum atomic E-state index is 13.2. The molecular weight excluding hydrogens is 582 g/mol. The molecule has 44 heavy (non-hydrogen) atoms. The molecule has 5 heterocycles. The zero-order valence-electron chi connectivity index (χ0n) is 24.2. The van der Waals surface area contributed by atoms with Gasteiger partial charge in [0.25, 0.3) is 5.91 Å². The van der Waals surface area contributed by atoms with Crippen LogP contribution in [0.25, 0.3) is 16.9 Å². The number of rotatable bonds is 10. The van der Waals surface area contributed by atoms with Crippen molar-refractivity contribution in [2.45, 2.75) is 17.7 Å². The normalized spacial score (nSPS) is 15.3. The molecule has 14 heteroatoms. The quantitative estimate of drug-likeness (QED) is 0.166. The Morgan fingerprint density at radius 1 is 1.18 bits per heavy atom. The summed E-state index contributed by atoms with van der Waals surface area (Å²) in [5.41, 5.74) is 4.20. The van der Waals surface area contributed by atoms with Gasteiger partial charge in [-0.05, 0) is 44.1 Å². The van der Waals surface area contributed by atoms with Crippen LogP contribution in [0.2, 0.25) is 0 Å². The van der Waals surface area contributed by atoms with Crippen molar-refractivity contribution < 1.29 is 19.4 Å². The van der Waals surface area contributed by atoms with Crippen LogP contribution in [0, 0.1) is 11.3 Å². The summed E-state index contributed by atoms with van der Waals surface area (Å²) in [7, 11) is 1.60. The number of aliphatic carboxylic acids is 1. The predicted molar refractivity (Wildman–Crippen MR) is 168 cm³/mol. The summed E-state index contributed by atoms with van der Waals surface area (Å²) in [6.45, 7) is 3.11. The zero-order valence-corrected chi connectivity index (χ0v) is 25.0. The second-order valence-corrected chi connectivity index (χ2v) is 11.7. The largest absolute Gasteiger partial charge is 0.494 e. The Bertz CT molecular complexity index is 1720. The number of amides is 1. The van der Waals surface area contributed by atoms with Crippen molar-refractivity contribution in [3.8, 4) is 17.0 Å². The van der Waals surface area contributed by atoms with E-state index in [1.54, 1.807) is 54.1 Å². The van der Waals surface area contributed by atoms with E-state index < -0.39 is 11.9 Å². The highest BCUT2D eigenvalue weighted by molar-refractivity contribution is 7.99. The summed E-state index contributed by atoms with van der Waals surface area (Å²) in [5, 5.41) is 32.1. The number of nitrogens with one attached hydrogen (secondary N) is 4. The van der Waals surface area contributed by atoms with Crippen LogP contribution in [0.1, 0.15) is 18.4 Å². The molecule has 1 fully saturated rings. The number of carbonyl (C=O) groups is 2. The number of hydrogen-bond donors (Lipinski definition) is 5. The van der Waals surface area contributed by atoms with Crippen LogP contribution in [0.5, 0.6) is 5.75 Å². The van der Waals surface area contributed by atoms with Crippen molar-refractivity contribution in [1.82, 2.24) is 29.8 Å². The Labute approximate surface area is 257 Å². The molecule has 0 bridgehead atoms. The second-order valence-electron chi connectivity index (χ2n) is 10.6. The number of piperidine rings is 1. The van der Waals surface area contributed by atoms with Crippen LogP contribution in [0.15, 0.2) is 53.9 Å². The number of ether oxygens (including phenoxy) is 1. The third kappa shape index (κ3) is 6.17. The zero-order chi connectivity index (χ0) is 30.6. The lowest BCUT2D eigenvalue weighted by atomic mass is 9.97. The van der Waals surface area contributed by atoms with Crippen LogP contribution < -0.4 is 20.7 Å². The van der Waals surface area contributed by atoms with Gasteiger partial charge in [0, 0.05) is 60.5 Å². The molecule has 0 saturated carbocycles. The van der Waals surface area contributed by atoms with E-state index in [0.717, 1.165) is 22.9 Å². The lowest BCUT2D eigenvalue weighted by Crippen LogP contribution is -2.42. The van der Waals surface area contributed by atoms with Crippen LogP contribution in [0.3, 0.4) is 0 Å². The topological polar surface area (TPSA) is 170 Å². The highest BCUT2D eigenvalue weighted by Gasteiger charge is 2.25. The van der Waals surface area contributed by atoms with Gasteiger partial charge in [-0.3, -0.25) is 20.0 Å². The number of nitrogens with zero attached hydrogens (tertiary/aromatic N) is 5. The van der Waals surface area contributed by atoms with Crippen molar-refractivity contribution in [3.63, 3.8) is 0 Å². The fourth-order valence-electron chi connectivity index (χ4n) is 5.43. The maximum absolute atomic E-state index is 13.2. The average Bonchev–Trinajstić information content (AvgIpc) is 3.48. The van der Waals surface area contributed by atoms with Gasteiger partial charge < -0.3 is 30.7 Å². The number of methoxy groups -OCH3 is 1. The van der Waals surface area contributed by atoms with E-state index in [1.165, 1.54) is 6.20 Å². The van der Waals surface area contributed by atoms with Gasteiger partial charge in [0.15, 0.2) is 5.65 Å². The predicted octanol–water partition coefficient (Wildman–Crippen LogP) is 3.34. The molecule has 5 N–H and O–H groups in total. The average molecular weight is 616 g/mol. The number of aromatic nitrogens is 4. The molecule has 228 valence electrons. The van der Waals surface area contributed by atoms with E-state index in [2.05, 4.69) is 35.9 Å². The minimum Gasteiger partial charge on any atom is -0.494 e. The first-order valence-corrected chi connectivity index (χ1v) is 15.4. The Morgan fingerprint density at radius 3 is 2.82 bits per heavy atom. The first-order valence-electron chi connectivity index (χ1n) is 14.4. The molecular formula is C30H33N9O4S. The molecule has 2 aliphatic heterocycles. The molecule has 0 aliphatic carbocycles. The molecule has 1 amide bonds. The van der Waals surface area contributed by atoms with Crippen LogP contribution >= 0.6 is 11.8 Å². The number of likely N-dealkylation sites (tertiary alicyclic amines) is 1. The van der Waals surface area contributed by atoms with Gasteiger partial charge in [-0.1, -0.05) is 0 Å². The Balaban J connectivity index is 1.25. The summed E-state index contributed by atoms with van der Waals surface area (Å²) >= 11 is 1.74. The first-order chi connectivity index (χ1) is 21.4. The minimum absolute atomic E-state index is 0.234. The van der Waals surface area contributed by atoms with Gasteiger partial charge in [0.1, 0.15) is 11.5 Å². The van der Waals surface area contributed by atoms with E-state index in [9.17, 15) is 14.7 Å². The summed E-state index contributed by atoms with van der Waals surface area (Å²) in [6.07, 6.45) is 7.88. The van der Waals surface area contributed by atoms with Gasteiger partial charge in [0.2, 0.25) is 0 Å². The van der Waals surface area contributed by atoms with Crippen molar-refractivity contribution in [1.29, 1.82) is 5.41 Å². The molecule has 4 aromatic rings. The van der Waals surface area contributed by atoms with Crippen LogP contribution in [-0.4, -0.2) is 92.8 Å². The number of hydrogen-bond acceptors (Lipinski definition) is 11. The second kappa shape index (κ2) is 12.9. The van der Waals surface area contributed by atoms with Gasteiger partial charge in [-0.25, -0.2) is 9.50 Å². The minimum atomic E-state index is -0.753. The molecule has 1 saturated heterocycles. The van der Waals surface area contributed by atoms with Crippen LogP contribution in [-0.2, 0) is 9.59 Å². The molecule has 6 rings (SSSR count). The molecule has 0 atom stereocenters. The lowest BCUT2D eigenvalue weighted by molar-refractivity contribution is -0.143. The van der Waals surface area contributed by atoms with E-state index in [4.69, 9.17) is 10.1 Å². The number of carboxylic acids is 1. The van der Waals surface area contributed by atoms with E-state index >= 15 is 0 Å². The van der Waals surface area contributed by atoms with Crippen molar-refractivity contribution in [2.75, 3.05) is 56.2 Å². The first kappa shape index (κ1) is 29.4. The van der Waals surface area contributed by atoms with Gasteiger partial charge in [-0.15, -0.1) is 11.8 Å². The highest BCUT2D eigenvalue weighted by Crippen LogP contribution is 2.41. The smallest absolute Gasteiger partial charge is 0.306 e. The molecule has 0 radical (unpaired) electrons. The molecule has 1 aromatic carbocycles. The third-order valence-corrected chi connectivity index (χ3v) is 8.91. The van der Waals surface area contributed by atoms with E-state index in [1.807, 2.05) is 12.1 Å². The van der Waals surface area contributed by atoms with Crippen molar-refractivity contribution in [2.24, 2.45) is 5.92 Å². The van der Waals surface area contributed by atoms with Crippen molar-refractivity contribution >= 4 is 52.1 Å². The fourth-order valence-corrected chi connectivity index (χ4v) is 6.34. The van der Waals surface area contributed by atoms with Gasteiger partial charge in [0.05, 0.1) is 47.5 Å². The highest BCUT2D eigenvalue weighted by atomic mass is 32.2. The monoisotopic (exact) mass is 615 g/mol. The number of fused-ring (bicyclic) bond motifs is 2.